The lowest BCUT2D eigenvalue weighted by Gasteiger charge is -2.07. The molecule has 0 saturated heterocycles. The van der Waals surface area contributed by atoms with Crippen LogP contribution in [0.3, 0.4) is 0 Å². The highest BCUT2D eigenvalue weighted by molar-refractivity contribution is 6.06. The molecule has 28 heavy (non-hydrogen) atoms. The number of hydrogen-bond donors (Lipinski definition) is 2. The molecule has 7 heteroatoms. The predicted octanol–water partition coefficient (Wildman–Crippen LogP) is 4.03. The first-order valence-corrected chi connectivity index (χ1v) is 9.94. The molecular weight excluding hydrogens is 356 g/mol. The number of hydrogen-bond acceptors (Lipinski definition) is 5. The van der Waals surface area contributed by atoms with Crippen molar-refractivity contribution in [3.8, 4) is 0 Å². The van der Waals surface area contributed by atoms with Crippen LogP contribution in [0.2, 0.25) is 0 Å². The summed E-state index contributed by atoms with van der Waals surface area (Å²) in [6.07, 6.45) is 2.90. The van der Waals surface area contributed by atoms with Crippen LogP contribution < -0.4 is 5.73 Å². The van der Waals surface area contributed by atoms with Gasteiger partial charge in [-0.3, -0.25) is 4.79 Å². The molecule has 1 aliphatic heterocycles. The van der Waals surface area contributed by atoms with Gasteiger partial charge in [0.1, 0.15) is 11.3 Å². The van der Waals surface area contributed by atoms with Crippen molar-refractivity contribution in [3.05, 3.63) is 30.1 Å². The van der Waals surface area contributed by atoms with Crippen LogP contribution >= 0.6 is 0 Å². The van der Waals surface area contributed by atoms with Gasteiger partial charge in [-0.25, -0.2) is 9.97 Å². The molecule has 0 bridgehead atoms. The van der Waals surface area contributed by atoms with Crippen LogP contribution in [0.25, 0.3) is 21.9 Å². The number of para-hydroxylation sites is 1. The van der Waals surface area contributed by atoms with Gasteiger partial charge in [0.25, 0.3) is 0 Å². The number of benzene rings is 1. The monoisotopic (exact) mass is 386 g/mol. The number of unbranched alkanes of at least 4 members (excludes halogenated alkanes) is 1. The van der Waals surface area contributed by atoms with Gasteiger partial charge in [-0.05, 0) is 12.5 Å². The Morgan fingerprint density at radius 3 is 2.68 bits per heavy atom. The van der Waals surface area contributed by atoms with E-state index in [0.29, 0.717) is 18.8 Å². The summed E-state index contributed by atoms with van der Waals surface area (Å²) in [6, 6.07) is 8.05. The lowest BCUT2D eigenvalue weighted by molar-refractivity contribution is -0.137. The Labute approximate surface area is 165 Å². The van der Waals surface area contributed by atoms with Gasteiger partial charge < -0.3 is 20.1 Å². The molecule has 3 aromatic rings. The van der Waals surface area contributed by atoms with Gasteiger partial charge in [-0.1, -0.05) is 45.4 Å². The standard InChI is InChI=1S/C14H14N4O.C5H10O2.C2H6/c15-14-12-13(9-3-1-2-4-10(9)16-14)18-6-8-19-7-5-11(18)17-12;1-2-3-4-5(6)7;1-2/h1-4H,5-8H2,(H2,15,16);2-4H2,1H3,(H,6,7);1-2H3. The number of fused-ring (bicyclic) bond motifs is 5. The average molecular weight is 386 g/mol. The van der Waals surface area contributed by atoms with Crippen LogP contribution in [0.5, 0.6) is 0 Å². The van der Waals surface area contributed by atoms with Crippen LogP contribution in [0.15, 0.2) is 24.3 Å². The van der Waals surface area contributed by atoms with Gasteiger partial charge in [0.2, 0.25) is 0 Å². The fourth-order valence-corrected chi connectivity index (χ4v) is 3.09. The second-order valence-corrected chi connectivity index (χ2v) is 6.25. The van der Waals surface area contributed by atoms with Gasteiger partial charge in [0.05, 0.1) is 24.2 Å². The molecule has 0 atom stereocenters. The summed E-state index contributed by atoms with van der Waals surface area (Å²) in [7, 11) is 0. The number of carbonyl (C=O) groups is 1. The summed E-state index contributed by atoms with van der Waals surface area (Å²) in [5.74, 6) is 0.856. The van der Waals surface area contributed by atoms with Crippen LogP contribution in [-0.4, -0.2) is 38.8 Å². The Balaban J connectivity index is 0.000000268. The smallest absolute Gasteiger partial charge is 0.303 e. The summed E-state index contributed by atoms with van der Waals surface area (Å²) in [5, 5.41) is 9.15. The second-order valence-electron chi connectivity index (χ2n) is 6.25. The van der Waals surface area contributed by atoms with E-state index in [1.807, 2.05) is 39.0 Å². The zero-order valence-corrected chi connectivity index (χ0v) is 16.9. The largest absolute Gasteiger partial charge is 0.481 e. The average Bonchev–Trinajstić information content (AvgIpc) is 2.92. The molecule has 1 aliphatic rings. The van der Waals surface area contributed by atoms with E-state index in [0.717, 1.165) is 60.2 Å². The second kappa shape index (κ2) is 10.6. The molecule has 0 unspecified atom stereocenters. The first-order chi connectivity index (χ1) is 13.6. The number of nitrogens with zero attached hydrogens (tertiary/aromatic N) is 3. The van der Waals surface area contributed by atoms with E-state index in [9.17, 15) is 4.79 Å². The molecule has 3 heterocycles. The Morgan fingerprint density at radius 1 is 1.25 bits per heavy atom. The van der Waals surface area contributed by atoms with Gasteiger partial charge in [-0.15, -0.1) is 0 Å². The highest BCUT2D eigenvalue weighted by atomic mass is 16.5. The van der Waals surface area contributed by atoms with E-state index in [-0.39, 0.29) is 0 Å². The zero-order chi connectivity index (χ0) is 20.5. The number of anilines is 1. The normalized spacial score (nSPS) is 13.0. The van der Waals surface area contributed by atoms with Crippen molar-refractivity contribution in [3.63, 3.8) is 0 Å². The molecule has 0 spiro atoms. The van der Waals surface area contributed by atoms with Crippen molar-refractivity contribution >= 4 is 33.7 Å². The minimum absolute atomic E-state index is 0.316. The van der Waals surface area contributed by atoms with Crippen molar-refractivity contribution in [2.75, 3.05) is 18.9 Å². The molecule has 0 saturated carbocycles. The molecule has 3 N–H and O–H groups in total. The quantitative estimate of drug-likeness (QED) is 0.704. The Bertz CT molecular complexity index is 921. The highest BCUT2D eigenvalue weighted by Crippen LogP contribution is 2.29. The number of nitrogen functional groups attached to an aromatic ring is 1. The number of aliphatic carboxylic acids is 1. The summed E-state index contributed by atoms with van der Waals surface area (Å²) in [6.45, 7) is 8.23. The van der Waals surface area contributed by atoms with E-state index in [1.165, 1.54) is 0 Å². The minimum Gasteiger partial charge on any atom is -0.481 e. The number of carboxylic acids is 1. The minimum atomic E-state index is -0.693. The highest BCUT2D eigenvalue weighted by Gasteiger charge is 2.18. The van der Waals surface area contributed by atoms with Crippen molar-refractivity contribution in [1.29, 1.82) is 0 Å². The third kappa shape index (κ3) is 4.98. The van der Waals surface area contributed by atoms with E-state index >= 15 is 0 Å². The fraction of sp³-hybridized carbons (Fsp3) is 0.476. The topological polar surface area (TPSA) is 103 Å². The number of rotatable bonds is 3. The van der Waals surface area contributed by atoms with E-state index in [2.05, 4.69) is 20.6 Å². The van der Waals surface area contributed by atoms with Gasteiger partial charge in [0.15, 0.2) is 5.82 Å². The van der Waals surface area contributed by atoms with Crippen molar-refractivity contribution in [1.82, 2.24) is 14.5 Å². The van der Waals surface area contributed by atoms with E-state index in [1.54, 1.807) is 0 Å². The molecule has 1 aromatic carbocycles. The van der Waals surface area contributed by atoms with Crippen molar-refractivity contribution < 1.29 is 14.6 Å². The maximum absolute atomic E-state index is 9.76. The van der Waals surface area contributed by atoms with E-state index in [4.69, 9.17) is 15.6 Å². The fourth-order valence-electron chi connectivity index (χ4n) is 3.09. The molecule has 7 nitrogen and oxygen atoms in total. The van der Waals surface area contributed by atoms with Crippen LogP contribution in [0, 0.1) is 0 Å². The van der Waals surface area contributed by atoms with E-state index < -0.39 is 5.97 Å². The summed E-state index contributed by atoms with van der Waals surface area (Å²) in [4.78, 5) is 18.9. The molecule has 0 amide bonds. The molecule has 0 radical (unpaired) electrons. The molecule has 4 rings (SSSR count). The maximum atomic E-state index is 9.76. The number of nitrogens with two attached hydrogens (primary N) is 1. The first kappa shape index (κ1) is 21.6. The first-order valence-electron chi connectivity index (χ1n) is 9.94. The third-order valence-electron chi connectivity index (χ3n) is 4.36. The molecular formula is C21H30N4O3. The Morgan fingerprint density at radius 2 is 2.00 bits per heavy atom. The third-order valence-corrected chi connectivity index (χ3v) is 4.36. The van der Waals surface area contributed by atoms with Crippen LogP contribution in [0.4, 0.5) is 5.82 Å². The molecule has 152 valence electrons. The van der Waals surface area contributed by atoms with Crippen LogP contribution in [0.1, 0.15) is 45.9 Å². The SMILES string of the molecule is CC.CCCCC(=O)O.Nc1nc2ccccc2c2c1nc1n2CCOCC1. The van der Waals surface area contributed by atoms with Crippen molar-refractivity contribution in [2.45, 2.75) is 53.0 Å². The van der Waals surface area contributed by atoms with Crippen molar-refractivity contribution in [2.24, 2.45) is 0 Å². The number of carboxylic acid groups (broad SMARTS) is 1. The molecule has 0 aliphatic carbocycles. The van der Waals surface area contributed by atoms with Gasteiger partial charge >= 0.3 is 5.97 Å². The number of aromatic nitrogens is 3. The number of pyridine rings is 1. The summed E-state index contributed by atoms with van der Waals surface area (Å²) >= 11 is 0. The zero-order valence-electron chi connectivity index (χ0n) is 16.9. The van der Waals surface area contributed by atoms with Gasteiger partial charge in [-0.2, -0.15) is 0 Å². The molecule has 2 aromatic heterocycles. The predicted molar refractivity (Wildman–Crippen MR) is 112 cm³/mol. The lowest BCUT2D eigenvalue weighted by Crippen LogP contribution is -2.04. The van der Waals surface area contributed by atoms with Gasteiger partial charge in [0, 0.05) is 24.8 Å². The summed E-state index contributed by atoms with van der Waals surface area (Å²) < 4.78 is 7.74. The number of imidazole rings is 1. The maximum Gasteiger partial charge on any atom is 0.303 e. The number of ether oxygens (including phenoxy) is 1. The van der Waals surface area contributed by atoms with Crippen LogP contribution in [-0.2, 0) is 22.5 Å². The lowest BCUT2D eigenvalue weighted by atomic mass is 10.2. The summed E-state index contributed by atoms with van der Waals surface area (Å²) in [5.41, 5.74) is 8.87. The Hall–Kier alpha value is -2.67. The Kier molecular flexibility index (Phi) is 8.19. The molecule has 0 fully saturated rings.